The molecule has 1 aromatic rings. The molecule has 0 aliphatic rings. The first-order valence-corrected chi connectivity index (χ1v) is 6.19. The van der Waals surface area contributed by atoms with Crippen molar-refractivity contribution < 1.29 is 4.74 Å². The molecule has 2 N–H and O–H groups in total. The number of benzene rings is 1. The minimum atomic E-state index is 0.457. The van der Waals surface area contributed by atoms with Crippen LogP contribution in [0.2, 0.25) is 5.02 Å². The van der Waals surface area contributed by atoms with Gasteiger partial charge in [0.1, 0.15) is 0 Å². The van der Waals surface area contributed by atoms with Gasteiger partial charge in [-0.25, -0.2) is 0 Å². The van der Waals surface area contributed by atoms with E-state index in [9.17, 15) is 0 Å². The lowest BCUT2D eigenvalue weighted by atomic mass is 10.1. The standard InChI is InChI=1S/C13H21ClN2O/c1-10(2)16(6-7-17-3)9-11-4-5-12(15)8-13(11)14/h4-5,8,10H,6-7,9,15H2,1-3H3. The molecule has 0 saturated heterocycles. The Morgan fingerprint density at radius 3 is 2.65 bits per heavy atom. The van der Waals surface area contributed by atoms with Crippen molar-refractivity contribution in [3.8, 4) is 0 Å². The second-order valence-corrected chi connectivity index (χ2v) is 4.82. The van der Waals surface area contributed by atoms with Crippen LogP contribution in [0.3, 0.4) is 0 Å². The number of ether oxygens (including phenoxy) is 1. The summed E-state index contributed by atoms with van der Waals surface area (Å²) in [7, 11) is 1.72. The molecule has 0 unspecified atom stereocenters. The van der Waals surface area contributed by atoms with E-state index >= 15 is 0 Å². The van der Waals surface area contributed by atoms with Crippen LogP contribution in [0.1, 0.15) is 19.4 Å². The highest BCUT2D eigenvalue weighted by Crippen LogP contribution is 2.21. The molecule has 1 aromatic carbocycles. The van der Waals surface area contributed by atoms with Gasteiger partial charge in [0.05, 0.1) is 6.61 Å². The second kappa shape index (κ2) is 6.84. The van der Waals surface area contributed by atoms with Crippen molar-refractivity contribution in [3.63, 3.8) is 0 Å². The molecule has 0 radical (unpaired) electrons. The maximum absolute atomic E-state index is 6.17. The van der Waals surface area contributed by atoms with Crippen LogP contribution in [0.4, 0.5) is 5.69 Å². The Morgan fingerprint density at radius 1 is 1.41 bits per heavy atom. The van der Waals surface area contributed by atoms with Gasteiger partial charge in [0.15, 0.2) is 0 Å². The molecule has 0 fully saturated rings. The number of rotatable bonds is 6. The molecule has 0 aromatic heterocycles. The predicted molar refractivity (Wildman–Crippen MR) is 73.3 cm³/mol. The first kappa shape index (κ1) is 14.3. The molecule has 3 nitrogen and oxygen atoms in total. The molecular formula is C13H21ClN2O. The fraction of sp³-hybridized carbons (Fsp3) is 0.538. The Balaban J connectivity index is 2.71. The molecule has 0 aliphatic heterocycles. The molecule has 0 spiro atoms. The summed E-state index contributed by atoms with van der Waals surface area (Å²) in [5.41, 5.74) is 7.48. The number of hydrogen-bond acceptors (Lipinski definition) is 3. The van der Waals surface area contributed by atoms with Crippen LogP contribution in [0.25, 0.3) is 0 Å². The van der Waals surface area contributed by atoms with Crippen molar-refractivity contribution in [2.75, 3.05) is 26.0 Å². The number of halogens is 1. The Bertz CT molecular complexity index is 355. The lowest BCUT2D eigenvalue weighted by molar-refractivity contribution is 0.125. The van der Waals surface area contributed by atoms with Crippen LogP contribution in [0, 0.1) is 0 Å². The fourth-order valence-corrected chi connectivity index (χ4v) is 1.89. The zero-order valence-electron chi connectivity index (χ0n) is 10.7. The molecule has 0 amide bonds. The van der Waals surface area contributed by atoms with E-state index in [1.807, 2.05) is 12.1 Å². The molecule has 96 valence electrons. The van der Waals surface area contributed by atoms with Gasteiger partial charge in [-0.2, -0.15) is 0 Å². The average Bonchev–Trinajstić information content (AvgIpc) is 2.26. The Labute approximate surface area is 109 Å². The highest BCUT2D eigenvalue weighted by molar-refractivity contribution is 6.31. The van der Waals surface area contributed by atoms with Crippen molar-refractivity contribution in [2.45, 2.75) is 26.4 Å². The number of anilines is 1. The van der Waals surface area contributed by atoms with Gasteiger partial charge in [-0.15, -0.1) is 0 Å². The summed E-state index contributed by atoms with van der Waals surface area (Å²) in [6.45, 7) is 6.78. The Morgan fingerprint density at radius 2 is 2.12 bits per heavy atom. The molecule has 17 heavy (non-hydrogen) atoms. The minimum absolute atomic E-state index is 0.457. The van der Waals surface area contributed by atoms with Crippen LogP contribution in [-0.2, 0) is 11.3 Å². The van der Waals surface area contributed by atoms with E-state index in [-0.39, 0.29) is 0 Å². The number of nitrogens with two attached hydrogens (primary N) is 1. The lowest BCUT2D eigenvalue weighted by Gasteiger charge is -2.26. The van der Waals surface area contributed by atoms with Crippen LogP contribution in [0.15, 0.2) is 18.2 Å². The highest BCUT2D eigenvalue weighted by Gasteiger charge is 2.11. The number of hydrogen-bond donors (Lipinski definition) is 1. The van der Waals surface area contributed by atoms with Crippen molar-refractivity contribution in [3.05, 3.63) is 28.8 Å². The van der Waals surface area contributed by atoms with Gasteiger partial charge in [-0.1, -0.05) is 17.7 Å². The highest BCUT2D eigenvalue weighted by atomic mass is 35.5. The zero-order valence-corrected chi connectivity index (χ0v) is 11.5. The quantitative estimate of drug-likeness (QED) is 0.796. The zero-order chi connectivity index (χ0) is 12.8. The fourth-order valence-electron chi connectivity index (χ4n) is 1.64. The van der Waals surface area contributed by atoms with Gasteiger partial charge < -0.3 is 10.5 Å². The molecule has 4 heteroatoms. The van der Waals surface area contributed by atoms with E-state index < -0.39 is 0 Å². The summed E-state index contributed by atoms with van der Waals surface area (Å²) in [6.07, 6.45) is 0. The van der Waals surface area contributed by atoms with Crippen LogP contribution in [0.5, 0.6) is 0 Å². The third-order valence-electron chi connectivity index (χ3n) is 2.76. The summed E-state index contributed by atoms with van der Waals surface area (Å²) in [4.78, 5) is 2.32. The Hall–Kier alpha value is -0.770. The van der Waals surface area contributed by atoms with Crippen molar-refractivity contribution >= 4 is 17.3 Å². The summed E-state index contributed by atoms with van der Waals surface area (Å²) in [5, 5.41) is 0.730. The smallest absolute Gasteiger partial charge is 0.0589 e. The van der Waals surface area contributed by atoms with Gasteiger partial charge in [-0.05, 0) is 31.5 Å². The van der Waals surface area contributed by atoms with Crippen molar-refractivity contribution in [2.24, 2.45) is 0 Å². The van der Waals surface area contributed by atoms with Crippen molar-refractivity contribution in [1.82, 2.24) is 4.90 Å². The van der Waals surface area contributed by atoms with E-state index in [1.165, 1.54) is 0 Å². The van der Waals surface area contributed by atoms with E-state index in [2.05, 4.69) is 18.7 Å². The average molecular weight is 257 g/mol. The normalized spacial score (nSPS) is 11.4. The molecule has 0 saturated carbocycles. The first-order chi connectivity index (χ1) is 8.04. The van der Waals surface area contributed by atoms with Crippen LogP contribution in [-0.4, -0.2) is 31.2 Å². The molecule has 0 heterocycles. The van der Waals surface area contributed by atoms with Gasteiger partial charge in [0.2, 0.25) is 0 Å². The van der Waals surface area contributed by atoms with Gasteiger partial charge in [-0.3, -0.25) is 4.90 Å². The molecule has 0 atom stereocenters. The van der Waals surface area contributed by atoms with Crippen LogP contribution >= 0.6 is 11.6 Å². The topological polar surface area (TPSA) is 38.5 Å². The second-order valence-electron chi connectivity index (χ2n) is 4.41. The number of methoxy groups -OCH3 is 1. The lowest BCUT2D eigenvalue weighted by Crippen LogP contribution is -2.33. The summed E-state index contributed by atoms with van der Waals surface area (Å²) in [6, 6.07) is 6.13. The van der Waals surface area contributed by atoms with Crippen molar-refractivity contribution in [1.29, 1.82) is 0 Å². The van der Waals surface area contributed by atoms with E-state index in [1.54, 1.807) is 13.2 Å². The summed E-state index contributed by atoms with van der Waals surface area (Å²) in [5.74, 6) is 0. The summed E-state index contributed by atoms with van der Waals surface area (Å²) < 4.78 is 5.11. The maximum Gasteiger partial charge on any atom is 0.0589 e. The molecular weight excluding hydrogens is 236 g/mol. The third-order valence-corrected chi connectivity index (χ3v) is 3.12. The first-order valence-electron chi connectivity index (χ1n) is 5.81. The molecule has 0 aliphatic carbocycles. The monoisotopic (exact) mass is 256 g/mol. The van der Waals surface area contributed by atoms with E-state index in [4.69, 9.17) is 22.1 Å². The van der Waals surface area contributed by atoms with E-state index in [0.717, 1.165) is 30.3 Å². The maximum atomic E-state index is 6.17. The largest absolute Gasteiger partial charge is 0.399 e. The van der Waals surface area contributed by atoms with Gasteiger partial charge >= 0.3 is 0 Å². The SMILES string of the molecule is COCCN(Cc1ccc(N)cc1Cl)C(C)C. The predicted octanol–water partition coefficient (Wildman–Crippen LogP) is 2.78. The minimum Gasteiger partial charge on any atom is -0.399 e. The summed E-state index contributed by atoms with van der Waals surface area (Å²) >= 11 is 6.17. The van der Waals surface area contributed by atoms with E-state index in [0.29, 0.717) is 11.7 Å². The van der Waals surface area contributed by atoms with Gasteiger partial charge in [0, 0.05) is 37.0 Å². The Kier molecular flexibility index (Phi) is 5.75. The number of nitrogen functional groups attached to an aromatic ring is 1. The third kappa shape index (κ3) is 4.54. The van der Waals surface area contributed by atoms with Gasteiger partial charge in [0.25, 0.3) is 0 Å². The number of nitrogens with zero attached hydrogens (tertiary/aromatic N) is 1. The molecule has 0 bridgehead atoms. The molecule has 1 rings (SSSR count). The van der Waals surface area contributed by atoms with Crippen LogP contribution < -0.4 is 5.73 Å².